The molecule has 1 aromatic heterocycles. The fraction of sp³-hybridized carbons (Fsp3) is 0.154. The third-order valence-electron chi connectivity index (χ3n) is 5.30. The van der Waals surface area contributed by atoms with E-state index in [1.807, 2.05) is 31.2 Å². The van der Waals surface area contributed by atoms with E-state index in [0.717, 1.165) is 11.1 Å². The van der Waals surface area contributed by atoms with Crippen LogP contribution >= 0.6 is 0 Å². The molecule has 0 fully saturated rings. The molecule has 8 nitrogen and oxygen atoms in total. The van der Waals surface area contributed by atoms with Gasteiger partial charge in [-0.3, -0.25) is 4.79 Å². The molecule has 0 unspecified atom stereocenters. The zero-order valence-corrected chi connectivity index (χ0v) is 18.3. The van der Waals surface area contributed by atoms with E-state index in [9.17, 15) is 9.59 Å². The summed E-state index contributed by atoms with van der Waals surface area (Å²) in [6.45, 7) is 2.64. The first-order valence-electron chi connectivity index (χ1n) is 10.7. The lowest BCUT2D eigenvalue weighted by molar-refractivity contribution is 0.0427. The third kappa shape index (κ3) is 4.38. The van der Waals surface area contributed by atoms with E-state index in [-0.39, 0.29) is 29.4 Å². The Hall–Kier alpha value is -4.46. The van der Waals surface area contributed by atoms with Crippen LogP contribution in [0.3, 0.4) is 0 Å². The van der Waals surface area contributed by atoms with E-state index in [2.05, 4.69) is 10.1 Å². The fourth-order valence-electron chi connectivity index (χ4n) is 3.54. The zero-order valence-electron chi connectivity index (χ0n) is 18.3. The maximum absolute atomic E-state index is 13.2. The lowest BCUT2D eigenvalue weighted by Gasteiger charge is -2.18. The Morgan fingerprint density at radius 3 is 2.44 bits per heavy atom. The Kier molecular flexibility index (Phi) is 5.78. The largest absolute Gasteiger partial charge is 0.486 e. The Labute approximate surface area is 195 Å². The molecule has 3 aromatic carbocycles. The number of esters is 1. The number of hydrogen-bond donors (Lipinski definition) is 0. The summed E-state index contributed by atoms with van der Waals surface area (Å²) in [6, 6.07) is 19.1. The molecule has 0 saturated heterocycles. The Balaban J connectivity index is 1.31. The van der Waals surface area contributed by atoms with Crippen LogP contribution in [0, 0.1) is 6.92 Å². The molecule has 0 aliphatic carbocycles. The molecule has 1 aliphatic rings. The standard InChI is InChI=1S/C26H20N2O6/c1-16-6-8-17(9-7-16)25-27-23(34-28-25)15-33-26(30)20-5-3-2-4-19(20)24(29)18-10-11-21-22(14-18)32-13-12-31-21/h2-11,14H,12-13,15H2,1H3. The van der Waals surface area contributed by atoms with Crippen molar-refractivity contribution in [1.29, 1.82) is 0 Å². The summed E-state index contributed by atoms with van der Waals surface area (Å²) in [5.41, 5.74) is 2.65. The van der Waals surface area contributed by atoms with Gasteiger partial charge in [0.2, 0.25) is 5.82 Å². The Morgan fingerprint density at radius 1 is 0.912 bits per heavy atom. The molecule has 0 N–H and O–H groups in total. The minimum absolute atomic E-state index is 0.140. The van der Waals surface area contributed by atoms with Crippen LogP contribution in [-0.4, -0.2) is 35.1 Å². The molecular weight excluding hydrogens is 436 g/mol. The third-order valence-corrected chi connectivity index (χ3v) is 5.30. The fourth-order valence-corrected chi connectivity index (χ4v) is 3.54. The van der Waals surface area contributed by atoms with Gasteiger partial charge in [-0.05, 0) is 31.2 Å². The molecule has 1 aliphatic heterocycles. The van der Waals surface area contributed by atoms with Crippen molar-refractivity contribution in [3.8, 4) is 22.9 Å². The maximum Gasteiger partial charge on any atom is 0.339 e. The molecule has 0 atom stereocenters. The molecule has 0 saturated carbocycles. The molecule has 0 radical (unpaired) electrons. The van der Waals surface area contributed by atoms with Crippen LogP contribution in [-0.2, 0) is 11.3 Å². The number of carbonyl (C=O) groups is 2. The highest BCUT2D eigenvalue weighted by Gasteiger charge is 2.22. The van der Waals surface area contributed by atoms with E-state index in [4.69, 9.17) is 18.7 Å². The number of benzene rings is 3. The van der Waals surface area contributed by atoms with Gasteiger partial charge in [-0.25, -0.2) is 4.79 Å². The molecule has 0 bridgehead atoms. The maximum atomic E-state index is 13.2. The molecular formula is C26H20N2O6. The number of hydrogen-bond acceptors (Lipinski definition) is 8. The number of carbonyl (C=O) groups excluding carboxylic acids is 2. The first-order chi connectivity index (χ1) is 16.6. The normalized spacial score (nSPS) is 12.3. The second kappa shape index (κ2) is 9.19. The first-order valence-corrected chi connectivity index (χ1v) is 10.7. The van der Waals surface area contributed by atoms with Crippen molar-refractivity contribution >= 4 is 11.8 Å². The summed E-state index contributed by atoms with van der Waals surface area (Å²) >= 11 is 0. The van der Waals surface area contributed by atoms with Gasteiger partial charge in [-0.15, -0.1) is 0 Å². The van der Waals surface area contributed by atoms with Crippen molar-refractivity contribution < 1.29 is 28.3 Å². The van der Waals surface area contributed by atoms with E-state index < -0.39 is 5.97 Å². The Bertz CT molecular complexity index is 1360. The van der Waals surface area contributed by atoms with Gasteiger partial charge in [0.05, 0.1) is 5.56 Å². The smallest absolute Gasteiger partial charge is 0.339 e. The van der Waals surface area contributed by atoms with E-state index in [1.165, 1.54) is 0 Å². The summed E-state index contributed by atoms with van der Waals surface area (Å²) < 4.78 is 21.6. The van der Waals surface area contributed by atoms with Gasteiger partial charge in [-0.2, -0.15) is 4.98 Å². The molecule has 4 aromatic rings. The van der Waals surface area contributed by atoms with Crippen LogP contribution < -0.4 is 9.47 Å². The van der Waals surface area contributed by atoms with Crippen molar-refractivity contribution in [2.75, 3.05) is 13.2 Å². The van der Waals surface area contributed by atoms with Crippen molar-refractivity contribution in [2.45, 2.75) is 13.5 Å². The lowest BCUT2D eigenvalue weighted by Crippen LogP contribution is -2.16. The minimum Gasteiger partial charge on any atom is -0.486 e. The Morgan fingerprint density at radius 2 is 1.65 bits per heavy atom. The zero-order chi connectivity index (χ0) is 23.5. The topological polar surface area (TPSA) is 101 Å². The van der Waals surface area contributed by atoms with Crippen LogP contribution in [0.25, 0.3) is 11.4 Å². The van der Waals surface area contributed by atoms with Crippen LogP contribution in [0.4, 0.5) is 0 Å². The minimum atomic E-state index is -0.670. The number of ketones is 1. The average molecular weight is 456 g/mol. The quantitative estimate of drug-likeness (QED) is 0.311. The number of rotatable bonds is 6. The summed E-state index contributed by atoms with van der Waals surface area (Å²) in [4.78, 5) is 30.3. The molecule has 5 rings (SSSR count). The van der Waals surface area contributed by atoms with Crippen LogP contribution in [0.5, 0.6) is 11.5 Å². The van der Waals surface area contributed by atoms with E-state index >= 15 is 0 Å². The SMILES string of the molecule is Cc1ccc(-c2noc(COC(=O)c3ccccc3C(=O)c3ccc4c(c3)OCCO4)n2)cc1. The predicted molar refractivity (Wildman–Crippen MR) is 121 cm³/mol. The van der Waals surface area contributed by atoms with Crippen LogP contribution in [0.1, 0.15) is 37.7 Å². The van der Waals surface area contributed by atoms with Crippen molar-refractivity contribution in [2.24, 2.45) is 0 Å². The highest BCUT2D eigenvalue weighted by molar-refractivity contribution is 6.14. The summed E-state index contributed by atoms with van der Waals surface area (Å²) in [5, 5.41) is 3.93. The summed E-state index contributed by atoms with van der Waals surface area (Å²) in [5.74, 6) is 0.637. The monoisotopic (exact) mass is 456 g/mol. The van der Waals surface area contributed by atoms with Gasteiger partial charge >= 0.3 is 5.97 Å². The summed E-state index contributed by atoms with van der Waals surface area (Å²) in [7, 11) is 0. The van der Waals surface area contributed by atoms with Gasteiger partial charge in [-0.1, -0.05) is 53.2 Å². The summed E-state index contributed by atoms with van der Waals surface area (Å²) in [6.07, 6.45) is 0. The van der Waals surface area contributed by atoms with Crippen molar-refractivity contribution in [3.05, 3.63) is 94.9 Å². The number of fused-ring (bicyclic) bond motifs is 1. The van der Waals surface area contributed by atoms with Crippen molar-refractivity contribution in [3.63, 3.8) is 0 Å². The van der Waals surface area contributed by atoms with E-state index in [0.29, 0.717) is 36.1 Å². The van der Waals surface area contributed by atoms with Gasteiger partial charge in [0.15, 0.2) is 23.9 Å². The lowest BCUT2D eigenvalue weighted by atomic mass is 9.98. The molecule has 34 heavy (non-hydrogen) atoms. The molecule has 170 valence electrons. The number of ether oxygens (including phenoxy) is 3. The highest BCUT2D eigenvalue weighted by atomic mass is 16.6. The molecule has 0 spiro atoms. The highest BCUT2D eigenvalue weighted by Crippen LogP contribution is 2.31. The van der Waals surface area contributed by atoms with Gasteiger partial charge in [0.1, 0.15) is 13.2 Å². The molecule has 8 heteroatoms. The predicted octanol–water partition coefficient (Wildman–Crippen LogP) is 4.40. The van der Waals surface area contributed by atoms with Gasteiger partial charge in [0.25, 0.3) is 5.89 Å². The molecule has 2 heterocycles. The second-order valence-electron chi connectivity index (χ2n) is 7.69. The first kappa shape index (κ1) is 21.4. The number of nitrogens with zero attached hydrogens (tertiary/aromatic N) is 2. The second-order valence-corrected chi connectivity index (χ2v) is 7.69. The number of aromatic nitrogens is 2. The van der Waals surface area contributed by atoms with Crippen molar-refractivity contribution in [1.82, 2.24) is 10.1 Å². The molecule has 0 amide bonds. The van der Waals surface area contributed by atoms with Crippen LogP contribution in [0.15, 0.2) is 71.3 Å². The van der Waals surface area contributed by atoms with E-state index in [1.54, 1.807) is 42.5 Å². The van der Waals surface area contributed by atoms with Gasteiger partial charge in [0, 0.05) is 16.7 Å². The average Bonchev–Trinajstić information content (AvgIpc) is 3.36. The van der Waals surface area contributed by atoms with Gasteiger partial charge < -0.3 is 18.7 Å². The van der Waals surface area contributed by atoms with Crippen LogP contribution in [0.2, 0.25) is 0 Å². The number of aryl methyl sites for hydroxylation is 1.